The number of ether oxygens (including phenoxy) is 2. The number of hydrogen-bond donors (Lipinski definition) is 2. The van der Waals surface area contributed by atoms with Crippen molar-refractivity contribution in [1.82, 2.24) is 0 Å². The predicted octanol–water partition coefficient (Wildman–Crippen LogP) is 5.75. The highest BCUT2D eigenvalue weighted by atomic mass is 16.5. The van der Waals surface area contributed by atoms with Crippen LogP contribution in [0.1, 0.15) is 96.6 Å². The normalized spacial score (nSPS) is 21.5. The van der Waals surface area contributed by atoms with Gasteiger partial charge >= 0.3 is 23.9 Å². The van der Waals surface area contributed by atoms with Gasteiger partial charge < -0.3 is 19.7 Å². The Morgan fingerprint density at radius 3 is 1.90 bits per heavy atom. The van der Waals surface area contributed by atoms with Crippen molar-refractivity contribution in [2.45, 2.75) is 90.9 Å². The minimum absolute atomic E-state index is 0.0390. The van der Waals surface area contributed by atoms with E-state index in [4.69, 9.17) is 19.7 Å². The van der Waals surface area contributed by atoms with Crippen LogP contribution in [0.15, 0.2) is 36.4 Å². The van der Waals surface area contributed by atoms with Crippen LogP contribution in [-0.4, -0.2) is 39.9 Å². The quantitative estimate of drug-likeness (QED) is 0.132. The molecule has 222 valence electrons. The monoisotopic (exact) mass is 568 g/mol. The van der Waals surface area contributed by atoms with Gasteiger partial charge in [-0.1, -0.05) is 60.3 Å². The molecule has 0 aliphatic heterocycles. The second-order valence-corrected chi connectivity index (χ2v) is 12.3. The fraction of sp³-hybridized carbons (Fsp3) is 0.531. The third-order valence-corrected chi connectivity index (χ3v) is 8.70. The zero-order valence-electron chi connectivity index (χ0n) is 24.4. The molecule has 1 aromatic carbocycles. The van der Waals surface area contributed by atoms with E-state index < -0.39 is 35.2 Å². The largest absolute Gasteiger partial charge is 0.478 e. The third kappa shape index (κ3) is 7.51. The van der Waals surface area contributed by atoms with Crippen LogP contribution >= 0.6 is 0 Å². The molecule has 3 aliphatic carbocycles. The summed E-state index contributed by atoms with van der Waals surface area (Å²) in [5.74, 6) is -4.69. The van der Waals surface area contributed by atoms with Crippen LogP contribution in [0.3, 0.4) is 0 Å². The summed E-state index contributed by atoms with van der Waals surface area (Å²) in [5.41, 5.74) is 0.354. The molecular weight excluding hydrogens is 528 g/mol. The molecule has 0 aromatic heterocycles. The summed E-state index contributed by atoms with van der Waals surface area (Å²) in [5, 5.41) is 18.0. The lowest BCUT2D eigenvalue weighted by atomic mass is 9.44. The molecule has 41 heavy (non-hydrogen) atoms. The second kappa shape index (κ2) is 12.8. The molecule has 9 nitrogen and oxygen atoms in total. The van der Waals surface area contributed by atoms with Crippen molar-refractivity contribution in [3.63, 3.8) is 0 Å². The van der Waals surface area contributed by atoms with E-state index in [1.807, 2.05) is 27.7 Å². The molecule has 3 aliphatic rings. The minimum Gasteiger partial charge on any atom is -0.478 e. The number of Topliss-reactive ketones (excluding diaryl/α,β-unsaturated/α-hetero) is 1. The average molecular weight is 569 g/mol. The molecule has 0 amide bonds. The first-order chi connectivity index (χ1) is 19.2. The van der Waals surface area contributed by atoms with E-state index in [0.717, 1.165) is 49.8 Å². The fourth-order valence-corrected chi connectivity index (χ4v) is 6.22. The van der Waals surface area contributed by atoms with Crippen LogP contribution in [0.25, 0.3) is 0 Å². The lowest BCUT2D eigenvalue weighted by Gasteiger charge is -2.59. The number of carboxylic acids is 2. The summed E-state index contributed by atoms with van der Waals surface area (Å²) in [4.78, 5) is 60.5. The molecule has 4 rings (SSSR count). The minimum atomic E-state index is -1.32. The lowest BCUT2D eigenvalue weighted by Crippen LogP contribution is -2.56. The summed E-state index contributed by atoms with van der Waals surface area (Å²) in [6.07, 6.45) is 8.73. The van der Waals surface area contributed by atoms with Gasteiger partial charge in [0.05, 0.1) is 0 Å². The first-order valence-electron chi connectivity index (χ1n) is 14.1. The molecule has 9 heteroatoms. The molecular formula is C32H40O9. The number of ketones is 1. The SMILES string of the molecule is CCCCCCC(C)(C)c1cc(OC(=O)C=CC(=O)O)c(C2CC(=O)[C@H]3C[C@@H]2C3(C)C)c(OC(=O)C=CC(=O)O)c1. The Morgan fingerprint density at radius 2 is 1.46 bits per heavy atom. The van der Waals surface area contributed by atoms with Gasteiger partial charge in [-0.2, -0.15) is 0 Å². The Kier molecular flexibility index (Phi) is 9.94. The van der Waals surface area contributed by atoms with Gasteiger partial charge in [-0.05, 0) is 47.3 Å². The highest BCUT2D eigenvalue weighted by molar-refractivity contribution is 5.93. The average Bonchev–Trinajstić information content (AvgIpc) is 2.88. The molecule has 3 saturated carbocycles. The van der Waals surface area contributed by atoms with Crippen molar-refractivity contribution >= 4 is 29.7 Å². The number of benzene rings is 1. The highest BCUT2D eigenvalue weighted by Gasteiger charge is 2.59. The number of carbonyl (C=O) groups is 5. The van der Waals surface area contributed by atoms with Gasteiger partial charge in [-0.3, -0.25) is 4.79 Å². The van der Waals surface area contributed by atoms with Crippen LogP contribution in [0.2, 0.25) is 0 Å². The smallest absolute Gasteiger partial charge is 0.336 e. The van der Waals surface area contributed by atoms with Crippen LogP contribution in [0.5, 0.6) is 11.5 Å². The molecule has 1 aromatic rings. The van der Waals surface area contributed by atoms with Crippen LogP contribution in [0, 0.1) is 17.3 Å². The van der Waals surface area contributed by atoms with Gasteiger partial charge in [-0.25, -0.2) is 19.2 Å². The predicted molar refractivity (Wildman–Crippen MR) is 151 cm³/mol. The van der Waals surface area contributed by atoms with Crippen LogP contribution in [-0.2, 0) is 29.4 Å². The number of rotatable bonds is 13. The van der Waals surface area contributed by atoms with Gasteiger partial charge in [0, 0.05) is 48.1 Å². The van der Waals surface area contributed by atoms with Crippen molar-refractivity contribution in [3.05, 3.63) is 47.6 Å². The molecule has 0 saturated heterocycles. The van der Waals surface area contributed by atoms with Gasteiger partial charge in [0.15, 0.2) is 0 Å². The number of hydrogen-bond acceptors (Lipinski definition) is 7. The molecule has 2 bridgehead atoms. The number of esters is 2. The number of unbranched alkanes of at least 4 members (excludes halogenated alkanes) is 3. The first kappa shape index (κ1) is 31.8. The summed E-state index contributed by atoms with van der Waals surface area (Å²) in [6.45, 7) is 10.2. The maximum atomic E-state index is 13.1. The maximum absolute atomic E-state index is 13.1. The molecule has 0 heterocycles. The van der Waals surface area contributed by atoms with E-state index in [-0.39, 0.29) is 41.0 Å². The van der Waals surface area contributed by atoms with E-state index in [2.05, 4.69) is 6.92 Å². The number of aliphatic carboxylic acids is 2. The fourth-order valence-electron chi connectivity index (χ4n) is 6.22. The Bertz CT molecular complexity index is 1210. The standard InChI is InChI=1S/C32H40O9/c1-6-7-8-9-14-31(2,3)19-15-24(40-28(38)12-10-26(34)35)30(25(16-19)41-29(39)13-11-27(36)37)20-17-23(33)22-18-21(20)32(22,4)5/h10-13,15-16,20-22H,6-9,14,17-18H2,1-5H3,(H,34,35)(H,36,37)/t20?,21-,22+/m0/s1. The van der Waals surface area contributed by atoms with E-state index in [9.17, 15) is 24.0 Å². The Labute approximate surface area is 240 Å². The van der Waals surface area contributed by atoms with Crippen molar-refractivity contribution in [2.75, 3.05) is 0 Å². The Hall–Kier alpha value is -3.75. The summed E-state index contributed by atoms with van der Waals surface area (Å²) in [6, 6.07) is 3.43. The molecule has 1 unspecified atom stereocenters. The zero-order chi connectivity index (χ0) is 30.5. The summed E-state index contributed by atoms with van der Waals surface area (Å²) >= 11 is 0. The van der Waals surface area contributed by atoms with Crippen molar-refractivity contribution in [2.24, 2.45) is 17.3 Å². The number of carboxylic acid groups (broad SMARTS) is 2. The summed E-state index contributed by atoms with van der Waals surface area (Å²) in [7, 11) is 0. The molecule has 3 atom stereocenters. The van der Waals surface area contributed by atoms with Gasteiger partial charge in [0.1, 0.15) is 17.3 Å². The Morgan fingerprint density at radius 1 is 0.927 bits per heavy atom. The van der Waals surface area contributed by atoms with Crippen molar-refractivity contribution < 1.29 is 43.7 Å². The second-order valence-electron chi connectivity index (χ2n) is 12.3. The first-order valence-corrected chi connectivity index (χ1v) is 14.1. The van der Waals surface area contributed by atoms with Gasteiger partial charge in [-0.15, -0.1) is 0 Å². The summed E-state index contributed by atoms with van der Waals surface area (Å²) < 4.78 is 11.4. The topological polar surface area (TPSA) is 144 Å². The molecule has 0 spiro atoms. The Balaban J connectivity index is 2.17. The van der Waals surface area contributed by atoms with E-state index >= 15 is 0 Å². The lowest BCUT2D eigenvalue weighted by molar-refractivity contribution is -0.151. The zero-order valence-corrected chi connectivity index (χ0v) is 24.4. The molecule has 2 N–H and O–H groups in total. The van der Waals surface area contributed by atoms with Crippen molar-refractivity contribution in [3.8, 4) is 11.5 Å². The van der Waals surface area contributed by atoms with Crippen LogP contribution in [0.4, 0.5) is 0 Å². The molecule has 3 fully saturated rings. The van der Waals surface area contributed by atoms with Gasteiger partial charge in [0.2, 0.25) is 0 Å². The van der Waals surface area contributed by atoms with E-state index in [1.165, 1.54) is 0 Å². The van der Waals surface area contributed by atoms with E-state index in [1.54, 1.807) is 12.1 Å². The third-order valence-electron chi connectivity index (χ3n) is 8.70. The molecule has 0 radical (unpaired) electrons. The maximum Gasteiger partial charge on any atom is 0.336 e. The van der Waals surface area contributed by atoms with Gasteiger partial charge in [0.25, 0.3) is 0 Å². The number of fused-ring (bicyclic) bond motifs is 2. The van der Waals surface area contributed by atoms with E-state index in [0.29, 0.717) is 24.1 Å². The van der Waals surface area contributed by atoms with Crippen molar-refractivity contribution in [1.29, 1.82) is 0 Å². The van der Waals surface area contributed by atoms with Crippen LogP contribution < -0.4 is 9.47 Å². The highest BCUT2D eigenvalue weighted by Crippen LogP contribution is 2.64. The number of carbonyl (C=O) groups excluding carboxylic acids is 3.